The molecule has 8 heteroatoms. The maximum atomic E-state index is 13.8. The van der Waals surface area contributed by atoms with E-state index in [9.17, 15) is 22.7 Å². The van der Waals surface area contributed by atoms with Crippen molar-refractivity contribution in [3.63, 3.8) is 0 Å². The fourth-order valence-corrected chi connectivity index (χ4v) is 5.39. The number of aliphatic carboxylic acids is 1. The van der Waals surface area contributed by atoms with Crippen LogP contribution in [-0.2, 0) is 21.2 Å². The second-order valence-electron chi connectivity index (χ2n) is 7.58. The zero-order valence-electron chi connectivity index (χ0n) is 17.5. The Balaban J connectivity index is 1.76. The first-order valence-corrected chi connectivity index (χ1v) is 11.3. The third kappa shape index (κ3) is 3.97. The average molecular weight is 453 g/mol. The minimum absolute atomic E-state index is 0.0403. The van der Waals surface area contributed by atoms with E-state index in [0.717, 1.165) is 27.0 Å². The SMILES string of the molecule is Cc1cccc(Nc2ccc(S(=O)(=O)n3c(C)c(CC(=O)O)c4cc(F)ccc43)cc2)c1. The summed E-state index contributed by atoms with van der Waals surface area (Å²) in [7, 11) is -4.05. The van der Waals surface area contributed by atoms with Crippen LogP contribution in [0.15, 0.2) is 71.6 Å². The van der Waals surface area contributed by atoms with Gasteiger partial charge in [0.05, 0.1) is 16.8 Å². The van der Waals surface area contributed by atoms with E-state index in [0.29, 0.717) is 0 Å². The van der Waals surface area contributed by atoms with Gasteiger partial charge in [-0.2, -0.15) is 0 Å². The molecule has 0 fully saturated rings. The van der Waals surface area contributed by atoms with E-state index in [2.05, 4.69) is 5.32 Å². The van der Waals surface area contributed by atoms with Crippen molar-refractivity contribution in [3.05, 3.63) is 89.4 Å². The van der Waals surface area contributed by atoms with Crippen LogP contribution in [0.3, 0.4) is 0 Å². The molecule has 0 atom stereocenters. The van der Waals surface area contributed by atoms with E-state index in [1.165, 1.54) is 31.2 Å². The molecule has 164 valence electrons. The highest BCUT2D eigenvalue weighted by Gasteiger charge is 2.26. The second kappa shape index (κ2) is 8.12. The third-order valence-electron chi connectivity index (χ3n) is 5.27. The van der Waals surface area contributed by atoms with Gasteiger partial charge in [0.25, 0.3) is 10.0 Å². The number of nitrogens with zero attached hydrogens (tertiary/aromatic N) is 1. The Labute approximate surface area is 185 Å². The minimum Gasteiger partial charge on any atom is -0.481 e. The molecule has 32 heavy (non-hydrogen) atoms. The van der Waals surface area contributed by atoms with Gasteiger partial charge < -0.3 is 10.4 Å². The number of hydrogen-bond donors (Lipinski definition) is 2. The summed E-state index contributed by atoms with van der Waals surface area (Å²) in [6, 6.07) is 17.8. The van der Waals surface area contributed by atoms with Crippen LogP contribution >= 0.6 is 0 Å². The monoisotopic (exact) mass is 452 g/mol. The smallest absolute Gasteiger partial charge is 0.307 e. The topological polar surface area (TPSA) is 88.4 Å². The number of benzene rings is 3. The van der Waals surface area contributed by atoms with Crippen LogP contribution in [0.4, 0.5) is 15.8 Å². The Bertz CT molecular complexity index is 1440. The maximum Gasteiger partial charge on any atom is 0.307 e. The molecule has 0 aliphatic heterocycles. The van der Waals surface area contributed by atoms with Gasteiger partial charge in [0.1, 0.15) is 5.82 Å². The first-order chi connectivity index (χ1) is 15.2. The van der Waals surface area contributed by atoms with Crippen LogP contribution < -0.4 is 5.32 Å². The summed E-state index contributed by atoms with van der Waals surface area (Å²) < 4.78 is 41.9. The lowest BCUT2D eigenvalue weighted by atomic mass is 10.1. The summed E-state index contributed by atoms with van der Waals surface area (Å²) in [5, 5.41) is 12.8. The molecule has 4 rings (SSSR count). The number of carboxylic acids is 1. The molecular formula is C24H21FN2O4S. The van der Waals surface area contributed by atoms with Gasteiger partial charge in [-0.25, -0.2) is 16.8 Å². The molecule has 0 bridgehead atoms. The van der Waals surface area contributed by atoms with E-state index in [1.54, 1.807) is 12.1 Å². The predicted octanol–water partition coefficient (Wildman–Crippen LogP) is 5.00. The van der Waals surface area contributed by atoms with Crippen molar-refractivity contribution in [2.75, 3.05) is 5.32 Å². The second-order valence-corrected chi connectivity index (χ2v) is 9.37. The van der Waals surface area contributed by atoms with Gasteiger partial charge in [0.2, 0.25) is 0 Å². The van der Waals surface area contributed by atoms with Crippen LogP contribution in [0.1, 0.15) is 16.8 Å². The van der Waals surface area contributed by atoms with Gasteiger partial charge >= 0.3 is 5.97 Å². The highest BCUT2D eigenvalue weighted by Crippen LogP contribution is 2.31. The number of nitrogens with one attached hydrogen (secondary N) is 1. The molecule has 0 radical (unpaired) electrons. The summed E-state index contributed by atoms with van der Waals surface area (Å²) in [5.41, 5.74) is 3.45. The molecule has 3 aromatic carbocycles. The van der Waals surface area contributed by atoms with E-state index in [-0.39, 0.29) is 27.1 Å². The fraction of sp³-hybridized carbons (Fsp3) is 0.125. The quantitative estimate of drug-likeness (QED) is 0.430. The van der Waals surface area contributed by atoms with Crippen molar-refractivity contribution in [3.8, 4) is 0 Å². The highest BCUT2D eigenvalue weighted by molar-refractivity contribution is 7.90. The third-order valence-corrected chi connectivity index (χ3v) is 7.09. The van der Waals surface area contributed by atoms with Crippen LogP contribution in [0.5, 0.6) is 0 Å². The Morgan fingerprint density at radius 2 is 1.72 bits per heavy atom. The van der Waals surface area contributed by atoms with Crippen molar-refractivity contribution in [1.82, 2.24) is 3.97 Å². The molecule has 0 aliphatic carbocycles. The first-order valence-electron chi connectivity index (χ1n) is 9.87. The maximum absolute atomic E-state index is 13.8. The number of carboxylic acid groups (broad SMARTS) is 1. The zero-order valence-corrected chi connectivity index (χ0v) is 18.3. The van der Waals surface area contributed by atoms with E-state index < -0.39 is 28.2 Å². The Kier molecular flexibility index (Phi) is 5.48. The van der Waals surface area contributed by atoms with Crippen molar-refractivity contribution in [2.45, 2.75) is 25.2 Å². The molecule has 6 nitrogen and oxygen atoms in total. The summed E-state index contributed by atoms with van der Waals surface area (Å²) >= 11 is 0. The normalized spacial score (nSPS) is 11.6. The van der Waals surface area contributed by atoms with Crippen molar-refractivity contribution < 1.29 is 22.7 Å². The van der Waals surface area contributed by atoms with Crippen LogP contribution in [-0.4, -0.2) is 23.5 Å². The van der Waals surface area contributed by atoms with Gasteiger partial charge in [0, 0.05) is 22.5 Å². The molecule has 0 saturated heterocycles. The van der Waals surface area contributed by atoms with Crippen LogP contribution in [0.2, 0.25) is 0 Å². The average Bonchev–Trinajstić information content (AvgIpc) is 2.99. The zero-order chi connectivity index (χ0) is 23.0. The molecule has 0 amide bonds. The van der Waals surface area contributed by atoms with Gasteiger partial charge in [-0.3, -0.25) is 4.79 Å². The van der Waals surface area contributed by atoms with Crippen molar-refractivity contribution in [1.29, 1.82) is 0 Å². The van der Waals surface area contributed by atoms with Crippen molar-refractivity contribution in [2.24, 2.45) is 0 Å². The Morgan fingerprint density at radius 3 is 2.38 bits per heavy atom. The van der Waals surface area contributed by atoms with E-state index >= 15 is 0 Å². The van der Waals surface area contributed by atoms with E-state index in [4.69, 9.17) is 0 Å². The number of fused-ring (bicyclic) bond motifs is 1. The molecule has 0 saturated carbocycles. The number of halogens is 1. The van der Waals surface area contributed by atoms with Crippen LogP contribution in [0.25, 0.3) is 10.9 Å². The number of aromatic nitrogens is 1. The lowest BCUT2D eigenvalue weighted by molar-refractivity contribution is -0.136. The molecule has 0 spiro atoms. The van der Waals surface area contributed by atoms with Gasteiger partial charge in [-0.1, -0.05) is 12.1 Å². The van der Waals surface area contributed by atoms with Crippen molar-refractivity contribution >= 4 is 38.3 Å². The standard InChI is InChI=1S/C24H21FN2O4S/c1-15-4-3-5-19(12-15)26-18-7-9-20(10-8-18)32(30,31)27-16(2)21(14-24(28)29)22-13-17(25)6-11-23(22)27/h3-13,26H,14H2,1-2H3,(H,28,29). The summed E-state index contributed by atoms with van der Waals surface area (Å²) in [5.74, 6) is -1.69. The Morgan fingerprint density at radius 1 is 1.00 bits per heavy atom. The molecular weight excluding hydrogens is 431 g/mol. The predicted molar refractivity (Wildman–Crippen MR) is 121 cm³/mol. The van der Waals surface area contributed by atoms with Crippen LogP contribution in [0, 0.1) is 19.7 Å². The summed E-state index contributed by atoms with van der Waals surface area (Å²) in [6.45, 7) is 3.51. The highest BCUT2D eigenvalue weighted by atomic mass is 32.2. The first kappa shape index (κ1) is 21.6. The number of anilines is 2. The van der Waals surface area contributed by atoms with Gasteiger partial charge in [-0.05, 0) is 79.6 Å². The molecule has 1 heterocycles. The van der Waals surface area contributed by atoms with Gasteiger partial charge in [-0.15, -0.1) is 0 Å². The lowest BCUT2D eigenvalue weighted by Crippen LogP contribution is -2.15. The summed E-state index contributed by atoms with van der Waals surface area (Å²) in [6.07, 6.45) is -0.409. The lowest BCUT2D eigenvalue weighted by Gasteiger charge is -2.12. The number of hydrogen-bond acceptors (Lipinski definition) is 4. The number of rotatable bonds is 6. The van der Waals surface area contributed by atoms with E-state index in [1.807, 2.05) is 31.2 Å². The number of carbonyl (C=O) groups is 1. The molecule has 0 aliphatic rings. The van der Waals surface area contributed by atoms with Gasteiger partial charge in [0.15, 0.2) is 0 Å². The molecule has 4 aromatic rings. The molecule has 1 aromatic heterocycles. The molecule has 0 unspecified atom stereocenters. The minimum atomic E-state index is -4.05. The Hall–Kier alpha value is -3.65. The largest absolute Gasteiger partial charge is 0.481 e. The molecule has 2 N–H and O–H groups in total. The fourth-order valence-electron chi connectivity index (χ4n) is 3.81. The summed E-state index contributed by atoms with van der Waals surface area (Å²) in [4.78, 5) is 11.4. The number of aryl methyl sites for hydroxylation is 1.